The van der Waals surface area contributed by atoms with Gasteiger partial charge in [-0.2, -0.15) is 9.97 Å². The van der Waals surface area contributed by atoms with Crippen molar-refractivity contribution in [1.82, 2.24) is 24.3 Å². The van der Waals surface area contributed by atoms with Crippen LogP contribution in [0.5, 0.6) is 0 Å². The van der Waals surface area contributed by atoms with Crippen LogP contribution in [0.4, 0.5) is 29.1 Å². The average molecular weight is 445 g/mol. The molecule has 33 heavy (non-hydrogen) atoms. The van der Waals surface area contributed by atoms with Crippen LogP contribution in [0.1, 0.15) is 26.5 Å². The molecule has 170 valence electrons. The third-order valence-corrected chi connectivity index (χ3v) is 5.48. The lowest BCUT2D eigenvalue weighted by atomic mass is 9.92. The van der Waals surface area contributed by atoms with Gasteiger partial charge in [-0.25, -0.2) is 9.97 Å². The van der Waals surface area contributed by atoms with Gasteiger partial charge in [-0.05, 0) is 18.2 Å². The summed E-state index contributed by atoms with van der Waals surface area (Å²) in [5.74, 6) is 2.73. The normalized spacial score (nSPS) is 14.5. The fourth-order valence-corrected chi connectivity index (χ4v) is 3.68. The van der Waals surface area contributed by atoms with Crippen LogP contribution in [0, 0.1) is 0 Å². The lowest BCUT2D eigenvalue weighted by molar-refractivity contribution is 0.122. The van der Waals surface area contributed by atoms with Crippen molar-refractivity contribution in [3.63, 3.8) is 0 Å². The van der Waals surface area contributed by atoms with E-state index in [1.165, 1.54) is 0 Å². The Morgan fingerprint density at radius 3 is 2.58 bits per heavy atom. The third kappa shape index (κ3) is 4.88. The van der Waals surface area contributed by atoms with Crippen LogP contribution < -0.4 is 15.5 Å². The second-order valence-electron chi connectivity index (χ2n) is 9.05. The summed E-state index contributed by atoms with van der Waals surface area (Å²) >= 11 is 0. The number of fused-ring (bicyclic) bond motifs is 1. The van der Waals surface area contributed by atoms with Crippen molar-refractivity contribution >= 4 is 34.7 Å². The molecule has 1 fully saturated rings. The molecule has 0 unspecified atom stereocenters. The van der Waals surface area contributed by atoms with Gasteiger partial charge in [0.15, 0.2) is 0 Å². The van der Waals surface area contributed by atoms with Gasteiger partial charge >= 0.3 is 0 Å². The number of nitrogens with zero attached hydrogens (tertiary/aromatic N) is 6. The third-order valence-electron chi connectivity index (χ3n) is 5.48. The molecule has 5 heterocycles. The predicted octanol–water partition coefficient (Wildman–Crippen LogP) is 4.14. The molecule has 1 aliphatic rings. The van der Waals surface area contributed by atoms with Crippen LogP contribution in [0.25, 0.3) is 5.65 Å². The summed E-state index contributed by atoms with van der Waals surface area (Å²) in [6.07, 6.45) is 5.66. The fraction of sp³-hybridized carbons (Fsp3) is 0.333. The molecule has 0 aromatic carbocycles. The topological polar surface area (TPSA) is 92.5 Å². The number of hydrogen-bond donors (Lipinski definition) is 2. The number of rotatable bonds is 5. The van der Waals surface area contributed by atoms with E-state index in [2.05, 4.69) is 41.3 Å². The molecular formula is C24H28N8O. The zero-order valence-corrected chi connectivity index (χ0v) is 19.1. The van der Waals surface area contributed by atoms with Crippen LogP contribution in [0.2, 0.25) is 0 Å². The second kappa shape index (κ2) is 8.67. The summed E-state index contributed by atoms with van der Waals surface area (Å²) in [6.45, 7) is 9.37. The summed E-state index contributed by atoms with van der Waals surface area (Å²) in [5, 5.41) is 6.70. The first-order valence-corrected chi connectivity index (χ1v) is 11.1. The van der Waals surface area contributed by atoms with Crippen LogP contribution in [0.3, 0.4) is 0 Å². The molecule has 0 aliphatic carbocycles. The van der Waals surface area contributed by atoms with E-state index in [0.717, 1.165) is 35.9 Å². The van der Waals surface area contributed by atoms with Crippen LogP contribution in [-0.2, 0) is 10.2 Å². The number of aromatic nitrogens is 5. The standard InChI is InChI=1S/C24H28N8O/c1-24(2,3)18-5-4-6-19(27-18)28-23-29-20(16-22(30-23)32-11-13-33-14-12-32)26-17-7-9-31-10-8-25-21(31)15-17/h4-10,15-16H,11-14H2,1-3H3,(H2,26,27,28,29,30). The Hall–Kier alpha value is -3.72. The lowest BCUT2D eigenvalue weighted by Gasteiger charge is -2.28. The molecule has 2 N–H and O–H groups in total. The van der Waals surface area contributed by atoms with Gasteiger partial charge in [0.2, 0.25) is 5.95 Å². The van der Waals surface area contributed by atoms with E-state index < -0.39 is 0 Å². The van der Waals surface area contributed by atoms with E-state index >= 15 is 0 Å². The second-order valence-corrected chi connectivity index (χ2v) is 9.05. The Labute approximate surface area is 192 Å². The highest BCUT2D eigenvalue weighted by atomic mass is 16.5. The number of morpholine rings is 1. The first kappa shape index (κ1) is 21.1. The van der Waals surface area contributed by atoms with Crippen LogP contribution >= 0.6 is 0 Å². The van der Waals surface area contributed by atoms with Gasteiger partial charge in [0.1, 0.15) is 23.1 Å². The Morgan fingerprint density at radius 2 is 1.76 bits per heavy atom. The quantitative estimate of drug-likeness (QED) is 0.474. The molecule has 9 heteroatoms. The minimum Gasteiger partial charge on any atom is -0.378 e. The highest BCUT2D eigenvalue weighted by molar-refractivity contribution is 5.65. The number of nitrogens with one attached hydrogen (secondary N) is 2. The summed E-state index contributed by atoms with van der Waals surface area (Å²) < 4.78 is 7.48. The highest BCUT2D eigenvalue weighted by Crippen LogP contribution is 2.26. The first-order chi connectivity index (χ1) is 15.9. The van der Waals surface area contributed by atoms with Crippen molar-refractivity contribution in [3.8, 4) is 0 Å². The van der Waals surface area contributed by atoms with Gasteiger partial charge in [-0.3, -0.25) is 0 Å². The molecular weight excluding hydrogens is 416 g/mol. The molecule has 0 atom stereocenters. The maximum absolute atomic E-state index is 5.52. The maximum atomic E-state index is 5.52. The largest absolute Gasteiger partial charge is 0.378 e. The van der Waals surface area contributed by atoms with Crippen LogP contribution in [0.15, 0.2) is 55.0 Å². The van der Waals surface area contributed by atoms with Crippen molar-refractivity contribution in [3.05, 3.63) is 60.7 Å². The molecule has 4 aromatic rings. The van der Waals surface area contributed by atoms with E-state index in [4.69, 9.17) is 19.7 Å². The molecule has 0 radical (unpaired) electrons. The van der Waals surface area contributed by atoms with Crippen molar-refractivity contribution in [2.45, 2.75) is 26.2 Å². The van der Waals surface area contributed by atoms with E-state index in [-0.39, 0.29) is 5.41 Å². The minimum absolute atomic E-state index is 0.0492. The summed E-state index contributed by atoms with van der Waals surface area (Å²) in [6, 6.07) is 11.9. The number of anilines is 5. The smallest absolute Gasteiger partial charge is 0.232 e. The van der Waals surface area contributed by atoms with E-state index in [1.807, 2.05) is 53.2 Å². The molecule has 0 saturated carbocycles. The summed E-state index contributed by atoms with van der Waals surface area (Å²) in [5.41, 5.74) is 2.72. The molecule has 1 aliphatic heterocycles. The monoisotopic (exact) mass is 444 g/mol. The molecule has 9 nitrogen and oxygen atoms in total. The van der Waals surface area contributed by atoms with Crippen LogP contribution in [-0.4, -0.2) is 50.6 Å². The zero-order chi connectivity index (χ0) is 22.8. The van der Waals surface area contributed by atoms with Gasteiger partial charge in [0.05, 0.1) is 13.2 Å². The molecule has 0 bridgehead atoms. The van der Waals surface area contributed by atoms with Crippen molar-refractivity contribution in [2.75, 3.05) is 41.8 Å². The molecule has 1 saturated heterocycles. The number of imidazole rings is 1. The Kier molecular flexibility index (Phi) is 5.55. The number of pyridine rings is 2. The lowest BCUT2D eigenvalue weighted by Crippen LogP contribution is -2.36. The number of hydrogen-bond acceptors (Lipinski definition) is 8. The molecule has 5 rings (SSSR count). The van der Waals surface area contributed by atoms with Gasteiger partial charge in [0.25, 0.3) is 0 Å². The van der Waals surface area contributed by atoms with Gasteiger partial charge < -0.3 is 24.7 Å². The Bertz CT molecular complexity index is 1260. The minimum atomic E-state index is -0.0492. The van der Waals surface area contributed by atoms with Crippen molar-refractivity contribution in [1.29, 1.82) is 0 Å². The molecule has 0 spiro atoms. The van der Waals surface area contributed by atoms with Gasteiger partial charge in [0, 0.05) is 60.6 Å². The SMILES string of the molecule is CC(C)(C)c1cccc(Nc2nc(Nc3ccn4ccnc4c3)cc(N3CCOCC3)n2)n1. The average Bonchev–Trinajstić information content (AvgIpc) is 3.27. The first-order valence-electron chi connectivity index (χ1n) is 11.1. The highest BCUT2D eigenvalue weighted by Gasteiger charge is 2.18. The Morgan fingerprint density at radius 1 is 0.909 bits per heavy atom. The van der Waals surface area contributed by atoms with Gasteiger partial charge in [-0.15, -0.1) is 0 Å². The van der Waals surface area contributed by atoms with E-state index in [9.17, 15) is 0 Å². The molecule has 4 aromatic heterocycles. The number of ether oxygens (including phenoxy) is 1. The zero-order valence-electron chi connectivity index (χ0n) is 19.1. The van der Waals surface area contributed by atoms with Gasteiger partial charge in [-0.1, -0.05) is 26.8 Å². The fourth-order valence-electron chi connectivity index (χ4n) is 3.68. The molecule has 0 amide bonds. The van der Waals surface area contributed by atoms with E-state index in [0.29, 0.717) is 30.8 Å². The Balaban J connectivity index is 1.47. The summed E-state index contributed by atoms with van der Waals surface area (Å²) in [7, 11) is 0. The van der Waals surface area contributed by atoms with E-state index in [1.54, 1.807) is 6.20 Å². The predicted molar refractivity (Wildman–Crippen MR) is 130 cm³/mol. The van der Waals surface area contributed by atoms with Crippen molar-refractivity contribution in [2.24, 2.45) is 0 Å². The summed E-state index contributed by atoms with van der Waals surface area (Å²) in [4.78, 5) is 20.8. The van der Waals surface area contributed by atoms with Crippen molar-refractivity contribution < 1.29 is 4.74 Å². The maximum Gasteiger partial charge on any atom is 0.232 e.